The molecular weight excluding hydrogens is 397 g/mol. The Morgan fingerprint density at radius 2 is 1.79 bits per heavy atom. The average molecular weight is 410 g/mol. The lowest BCUT2D eigenvalue weighted by molar-refractivity contribution is -0.144. The van der Waals surface area contributed by atoms with E-state index in [1.165, 1.54) is 36.4 Å². The van der Waals surface area contributed by atoms with Gasteiger partial charge in [0.2, 0.25) is 11.8 Å². The number of hydrogen-bond acceptors (Lipinski definition) is 5. The van der Waals surface area contributed by atoms with E-state index in [0.717, 1.165) is 0 Å². The minimum absolute atomic E-state index is 0.0547. The summed E-state index contributed by atoms with van der Waals surface area (Å²) in [7, 11) is -3.61. The Bertz CT molecular complexity index is 1100. The molecule has 0 saturated carbocycles. The number of alkyl halides is 3. The van der Waals surface area contributed by atoms with Gasteiger partial charge in [-0.25, -0.2) is 8.42 Å². The third kappa shape index (κ3) is 4.55. The molecular formula is C17H13F3N4O3S. The van der Waals surface area contributed by atoms with E-state index in [1.807, 2.05) is 0 Å². The summed E-state index contributed by atoms with van der Waals surface area (Å²) in [5, 5.41) is 7.10. The first kappa shape index (κ1) is 19.5. The van der Waals surface area contributed by atoms with Crippen LogP contribution in [-0.2, 0) is 21.8 Å². The van der Waals surface area contributed by atoms with Gasteiger partial charge in [-0.05, 0) is 29.8 Å². The maximum Gasteiger partial charge on any atom is 0.451 e. The molecule has 1 heterocycles. The van der Waals surface area contributed by atoms with Gasteiger partial charge >= 0.3 is 6.18 Å². The first-order valence-corrected chi connectivity index (χ1v) is 9.48. The summed E-state index contributed by atoms with van der Waals surface area (Å²) in [6.45, 7) is 0. The third-order valence-electron chi connectivity index (χ3n) is 3.63. The zero-order chi connectivity index (χ0) is 20.4. The Balaban J connectivity index is 1.76. The number of H-pyrrole nitrogens is 1. The number of nitrogens with zero attached hydrogens (tertiary/aromatic N) is 2. The van der Waals surface area contributed by atoms with Crippen LogP contribution >= 0.6 is 0 Å². The van der Waals surface area contributed by atoms with Crippen LogP contribution in [0, 0.1) is 0 Å². The van der Waals surface area contributed by atoms with Crippen molar-refractivity contribution in [3.8, 4) is 0 Å². The predicted molar refractivity (Wildman–Crippen MR) is 93.1 cm³/mol. The fraction of sp³-hybridized carbons (Fsp3) is 0.118. The summed E-state index contributed by atoms with van der Waals surface area (Å²) in [5.41, 5.74) is 0.404. The Labute approximate surface area is 157 Å². The van der Waals surface area contributed by atoms with Gasteiger partial charge in [0.05, 0.1) is 10.6 Å². The number of hydrogen-bond donors (Lipinski definition) is 2. The van der Waals surface area contributed by atoms with Crippen LogP contribution in [0.4, 0.5) is 19.1 Å². The van der Waals surface area contributed by atoms with Crippen molar-refractivity contribution >= 4 is 21.7 Å². The highest BCUT2D eigenvalue weighted by molar-refractivity contribution is 7.90. The van der Waals surface area contributed by atoms with E-state index in [1.54, 1.807) is 23.3 Å². The molecule has 0 aliphatic carbocycles. The normalized spacial score (nSPS) is 12.0. The number of rotatable bonds is 5. The quantitative estimate of drug-likeness (QED) is 0.673. The summed E-state index contributed by atoms with van der Waals surface area (Å²) < 4.78 is 62.4. The molecule has 0 radical (unpaired) electrons. The molecule has 0 unspecified atom stereocenters. The lowest BCUT2D eigenvalue weighted by atomic mass is 10.1. The number of anilines is 1. The van der Waals surface area contributed by atoms with Crippen LogP contribution in [0.5, 0.6) is 0 Å². The minimum Gasteiger partial charge on any atom is -0.289 e. The highest BCUT2D eigenvalue weighted by Crippen LogP contribution is 2.26. The summed E-state index contributed by atoms with van der Waals surface area (Å²) in [5.74, 6) is -2.99. The Morgan fingerprint density at radius 3 is 2.43 bits per heavy atom. The molecule has 11 heteroatoms. The van der Waals surface area contributed by atoms with E-state index in [9.17, 15) is 26.4 Å². The standard InChI is InChI=1S/C17H13F3N4O3S/c18-17(19,20)15-22-16(24-23-15)21-14(25)12-6-4-5-11(9-12)10-28(26,27)13-7-2-1-3-8-13/h1-9H,10H2,(H2,21,22,23,24,25). The topological polar surface area (TPSA) is 105 Å². The van der Waals surface area contributed by atoms with Gasteiger partial charge in [0, 0.05) is 5.56 Å². The molecule has 0 aliphatic heterocycles. The molecule has 146 valence electrons. The molecule has 28 heavy (non-hydrogen) atoms. The van der Waals surface area contributed by atoms with Crippen molar-refractivity contribution in [1.29, 1.82) is 0 Å². The fourth-order valence-electron chi connectivity index (χ4n) is 2.35. The molecule has 0 bridgehead atoms. The fourth-order valence-corrected chi connectivity index (χ4v) is 3.71. The smallest absolute Gasteiger partial charge is 0.289 e. The number of carbonyl (C=O) groups excluding carboxylic acids is 1. The summed E-state index contributed by atoms with van der Waals surface area (Å²) in [4.78, 5) is 15.5. The van der Waals surface area contributed by atoms with Crippen molar-refractivity contribution in [1.82, 2.24) is 15.2 Å². The maximum absolute atomic E-state index is 12.5. The summed E-state index contributed by atoms with van der Waals surface area (Å²) >= 11 is 0. The molecule has 0 saturated heterocycles. The van der Waals surface area contributed by atoms with E-state index in [4.69, 9.17) is 0 Å². The maximum atomic E-state index is 12.5. The van der Waals surface area contributed by atoms with E-state index in [0.29, 0.717) is 5.56 Å². The first-order valence-electron chi connectivity index (χ1n) is 7.83. The van der Waals surface area contributed by atoms with Crippen LogP contribution in [0.1, 0.15) is 21.7 Å². The van der Waals surface area contributed by atoms with Gasteiger partial charge in [-0.2, -0.15) is 18.2 Å². The SMILES string of the molecule is O=C(Nc1n[nH]c(C(F)(F)F)n1)c1cccc(CS(=O)(=O)c2ccccc2)c1. The van der Waals surface area contributed by atoms with Gasteiger partial charge in [-0.15, -0.1) is 5.10 Å². The monoisotopic (exact) mass is 410 g/mol. The highest BCUT2D eigenvalue weighted by Gasteiger charge is 2.35. The number of benzene rings is 2. The van der Waals surface area contributed by atoms with E-state index in [2.05, 4.69) is 15.4 Å². The molecule has 0 spiro atoms. The van der Waals surface area contributed by atoms with Crippen LogP contribution in [0.3, 0.4) is 0 Å². The summed E-state index contributed by atoms with van der Waals surface area (Å²) in [6, 6.07) is 13.6. The Morgan fingerprint density at radius 1 is 1.07 bits per heavy atom. The van der Waals surface area contributed by atoms with Gasteiger partial charge in [-0.3, -0.25) is 15.2 Å². The Kier molecular flexibility index (Phi) is 5.18. The second-order valence-electron chi connectivity index (χ2n) is 5.73. The van der Waals surface area contributed by atoms with Gasteiger partial charge in [0.25, 0.3) is 5.91 Å². The molecule has 1 aromatic heterocycles. The van der Waals surface area contributed by atoms with Crippen molar-refractivity contribution in [2.45, 2.75) is 16.8 Å². The Hall–Kier alpha value is -3.21. The first-order chi connectivity index (χ1) is 13.1. The van der Waals surface area contributed by atoms with Gasteiger partial charge in [0.1, 0.15) is 0 Å². The third-order valence-corrected chi connectivity index (χ3v) is 5.33. The van der Waals surface area contributed by atoms with Crippen LogP contribution in [0.15, 0.2) is 59.5 Å². The van der Waals surface area contributed by atoms with E-state index in [-0.39, 0.29) is 16.2 Å². The molecule has 0 fully saturated rings. The number of halogens is 3. The molecule has 2 N–H and O–H groups in total. The predicted octanol–water partition coefficient (Wildman–Crippen LogP) is 3.05. The number of sulfone groups is 1. The molecule has 1 amide bonds. The average Bonchev–Trinajstić information content (AvgIpc) is 3.11. The number of carbonyl (C=O) groups is 1. The molecule has 0 atom stereocenters. The second-order valence-corrected chi connectivity index (χ2v) is 7.72. The van der Waals surface area contributed by atoms with Crippen LogP contribution in [0.2, 0.25) is 0 Å². The number of aromatic amines is 1. The highest BCUT2D eigenvalue weighted by atomic mass is 32.2. The lowest BCUT2D eigenvalue weighted by Crippen LogP contribution is -2.14. The largest absolute Gasteiger partial charge is 0.451 e. The van der Waals surface area contributed by atoms with Crippen molar-refractivity contribution in [2.75, 3.05) is 5.32 Å². The number of aromatic nitrogens is 3. The van der Waals surface area contributed by atoms with Crippen molar-refractivity contribution in [2.24, 2.45) is 0 Å². The minimum atomic E-state index is -4.72. The van der Waals surface area contributed by atoms with Gasteiger partial charge in [-0.1, -0.05) is 30.3 Å². The van der Waals surface area contributed by atoms with Crippen LogP contribution in [-0.4, -0.2) is 29.5 Å². The molecule has 0 aliphatic rings. The van der Waals surface area contributed by atoms with E-state index >= 15 is 0 Å². The van der Waals surface area contributed by atoms with E-state index < -0.39 is 33.7 Å². The zero-order valence-corrected chi connectivity index (χ0v) is 14.9. The number of nitrogens with one attached hydrogen (secondary N) is 2. The van der Waals surface area contributed by atoms with Gasteiger partial charge in [0.15, 0.2) is 9.84 Å². The molecule has 2 aromatic carbocycles. The van der Waals surface area contributed by atoms with Gasteiger partial charge < -0.3 is 0 Å². The lowest BCUT2D eigenvalue weighted by Gasteiger charge is -2.07. The van der Waals surface area contributed by atoms with Crippen molar-refractivity contribution in [3.63, 3.8) is 0 Å². The van der Waals surface area contributed by atoms with Crippen molar-refractivity contribution < 1.29 is 26.4 Å². The zero-order valence-electron chi connectivity index (χ0n) is 14.1. The summed E-state index contributed by atoms with van der Waals surface area (Å²) in [6.07, 6.45) is -4.72. The van der Waals surface area contributed by atoms with Crippen LogP contribution < -0.4 is 5.32 Å². The molecule has 3 aromatic rings. The van der Waals surface area contributed by atoms with Crippen molar-refractivity contribution in [3.05, 3.63) is 71.5 Å². The second kappa shape index (κ2) is 7.43. The molecule has 7 nitrogen and oxygen atoms in total. The molecule has 3 rings (SSSR count). The van der Waals surface area contributed by atoms with Crippen LogP contribution in [0.25, 0.3) is 0 Å². The number of amides is 1.